The number of rotatable bonds is 7. The Morgan fingerprint density at radius 3 is 2.84 bits per heavy atom. The van der Waals surface area contributed by atoms with E-state index in [1.807, 2.05) is 0 Å². The van der Waals surface area contributed by atoms with Crippen LogP contribution in [0.1, 0.15) is 11.1 Å². The van der Waals surface area contributed by atoms with Gasteiger partial charge in [0.05, 0.1) is 12.1 Å². The molecule has 0 radical (unpaired) electrons. The minimum Gasteiger partial charge on any atom is -0.493 e. The average Bonchev–Trinajstić information content (AvgIpc) is 3.13. The van der Waals surface area contributed by atoms with Crippen molar-refractivity contribution >= 4 is 17.5 Å². The number of nitrogens with zero attached hydrogens (tertiary/aromatic N) is 2. The highest BCUT2D eigenvalue weighted by atomic mass is 35.5. The van der Waals surface area contributed by atoms with E-state index in [0.29, 0.717) is 34.6 Å². The smallest absolute Gasteiger partial charge is 0.218 e. The van der Waals surface area contributed by atoms with Gasteiger partial charge < -0.3 is 14.8 Å². The Labute approximate surface area is 149 Å². The fraction of sp³-hybridized carbons (Fsp3) is 0.176. The Balaban J connectivity index is 1.74. The van der Waals surface area contributed by atoms with E-state index in [2.05, 4.69) is 20.5 Å². The number of ether oxygens (including phenoxy) is 2. The quantitative estimate of drug-likeness (QED) is 0.669. The minimum atomic E-state index is -0.328. The van der Waals surface area contributed by atoms with Gasteiger partial charge in [0, 0.05) is 12.1 Å². The highest BCUT2D eigenvalue weighted by Crippen LogP contribution is 2.37. The predicted octanol–water partition coefficient (Wildman–Crippen LogP) is 3.80. The van der Waals surface area contributed by atoms with Gasteiger partial charge in [0.1, 0.15) is 18.8 Å². The van der Waals surface area contributed by atoms with Crippen LogP contribution in [-0.4, -0.2) is 22.3 Å². The zero-order chi connectivity index (χ0) is 17.6. The van der Waals surface area contributed by atoms with Crippen LogP contribution in [0.5, 0.6) is 11.5 Å². The highest BCUT2D eigenvalue weighted by molar-refractivity contribution is 6.32. The Morgan fingerprint density at radius 2 is 2.12 bits per heavy atom. The van der Waals surface area contributed by atoms with Crippen LogP contribution in [0.15, 0.2) is 42.7 Å². The van der Waals surface area contributed by atoms with E-state index < -0.39 is 0 Å². The van der Waals surface area contributed by atoms with E-state index in [4.69, 9.17) is 21.1 Å². The molecule has 0 fully saturated rings. The molecule has 130 valence electrons. The summed E-state index contributed by atoms with van der Waals surface area (Å²) in [6.07, 6.45) is 1.41. The second kappa shape index (κ2) is 7.85. The summed E-state index contributed by atoms with van der Waals surface area (Å²) in [7, 11) is 1.52. The van der Waals surface area contributed by atoms with Crippen molar-refractivity contribution in [1.29, 1.82) is 0 Å². The highest BCUT2D eigenvalue weighted by Gasteiger charge is 2.13. The van der Waals surface area contributed by atoms with Gasteiger partial charge in [0.15, 0.2) is 11.5 Å². The van der Waals surface area contributed by atoms with Crippen LogP contribution in [0.4, 0.5) is 10.3 Å². The molecule has 0 amide bonds. The van der Waals surface area contributed by atoms with E-state index in [0.717, 1.165) is 5.56 Å². The van der Waals surface area contributed by atoms with E-state index in [-0.39, 0.29) is 12.4 Å². The first kappa shape index (κ1) is 17.0. The molecule has 2 N–H and O–H groups in total. The van der Waals surface area contributed by atoms with Gasteiger partial charge in [0.25, 0.3) is 0 Å². The molecule has 0 aliphatic carbocycles. The van der Waals surface area contributed by atoms with E-state index >= 15 is 0 Å². The lowest BCUT2D eigenvalue weighted by Crippen LogP contribution is -2.04. The van der Waals surface area contributed by atoms with Crippen molar-refractivity contribution in [2.24, 2.45) is 0 Å². The van der Waals surface area contributed by atoms with Crippen molar-refractivity contribution in [3.8, 4) is 11.5 Å². The fourth-order valence-corrected chi connectivity index (χ4v) is 2.55. The van der Waals surface area contributed by atoms with Gasteiger partial charge in [-0.05, 0) is 23.8 Å². The number of aromatic nitrogens is 3. The summed E-state index contributed by atoms with van der Waals surface area (Å²) in [5.74, 6) is 1.06. The SMILES string of the molecule is COc1cc(CNc2ncn[nH]2)cc(Cl)c1OCc1ccccc1F. The normalized spacial score (nSPS) is 10.5. The molecule has 25 heavy (non-hydrogen) atoms. The number of anilines is 1. The minimum absolute atomic E-state index is 0.0540. The summed E-state index contributed by atoms with van der Waals surface area (Å²) in [4.78, 5) is 3.98. The summed E-state index contributed by atoms with van der Waals surface area (Å²) in [6, 6.07) is 9.97. The van der Waals surface area contributed by atoms with Crippen LogP contribution in [0.3, 0.4) is 0 Å². The average molecular weight is 363 g/mol. The van der Waals surface area contributed by atoms with E-state index in [1.165, 1.54) is 19.5 Å². The molecule has 1 heterocycles. The van der Waals surface area contributed by atoms with Gasteiger partial charge in [-0.3, -0.25) is 0 Å². The maximum Gasteiger partial charge on any atom is 0.218 e. The summed E-state index contributed by atoms with van der Waals surface area (Å²) < 4.78 is 24.7. The maximum atomic E-state index is 13.7. The molecule has 0 bridgehead atoms. The molecule has 0 spiro atoms. The van der Waals surface area contributed by atoms with E-state index in [9.17, 15) is 4.39 Å². The molecule has 2 aromatic carbocycles. The van der Waals surface area contributed by atoms with Crippen LogP contribution in [0, 0.1) is 5.82 Å². The molecule has 1 aromatic heterocycles. The first-order chi connectivity index (χ1) is 12.2. The number of H-pyrrole nitrogens is 1. The van der Waals surface area contributed by atoms with Crippen molar-refractivity contribution in [3.63, 3.8) is 0 Å². The van der Waals surface area contributed by atoms with Crippen LogP contribution in [0.2, 0.25) is 5.02 Å². The molecular weight excluding hydrogens is 347 g/mol. The first-order valence-electron chi connectivity index (χ1n) is 7.49. The third kappa shape index (κ3) is 4.19. The van der Waals surface area contributed by atoms with Gasteiger partial charge in [0.2, 0.25) is 5.95 Å². The number of nitrogens with one attached hydrogen (secondary N) is 2. The number of benzene rings is 2. The van der Waals surface area contributed by atoms with Crippen molar-refractivity contribution < 1.29 is 13.9 Å². The van der Waals surface area contributed by atoms with E-state index in [1.54, 1.807) is 30.3 Å². The van der Waals surface area contributed by atoms with Crippen molar-refractivity contribution in [3.05, 3.63) is 64.7 Å². The lowest BCUT2D eigenvalue weighted by molar-refractivity contribution is 0.280. The summed E-state index contributed by atoms with van der Waals surface area (Å²) >= 11 is 6.32. The zero-order valence-corrected chi connectivity index (χ0v) is 14.2. The summed E-state index contributed by atoms with van der Waals surface area (Å²) in [5, 5.41) is 9.92. The summed E-state index contributed by atoms with van der Waals surface area (Å²) in [5.41, 5.74) is 1.31. The molecule has 3 rings (SSSR count). The third-order valence-electron chi connectivity index (χ3n) is 3.49. The molecule has 0 saturated carbocycles. The number of aromatic amines is 1. The largest absolute Gasteiger partial charge is 0.493 e. The van der Waals surface area contributed by atoms with Gasteiger partial charge in [-0.25, -0.2) is 14.5 Å². The van der Waals surface area contributed by atoms with Gasteiger partial charge in [-0.15, -0.1) is 0 Å². The number of hydrogen-bond donors (Lipinski definition) is 2. The lowest BCUT2D eigenvalue weighted by atomic mass is 10.2. The van der Waals surface area contributed by atoms with Gasteiger partial charge >= 0.3 is 0 Å². The van der Waals surface area contributed by atoms with Crippen molar-refractivity contribution in [1.82, 2.24) is 15.2 Å². The molecule has 8 heteroatoms. The molecular formula is C17H16ClFN4O2. The topological polar surface area (TPSA) is 72.1 Å². The zero-order valence-electron chi connectivity index (χ0n) is 13.4. The molecule has 0 atom stereocenters. The molecule has 0 unspecified atom stereocenters. The van der Waals surface area contributed by atoms with Crippen LogP contribution in [-0.2, 0) is 13.2 Å². The van der Waals surface area contributed by atoms with Crippen LogP contribution < -0.4 is 14.8 Å². The Bertz CT molecular complexity index is 843. The van der Waals surface area contributed by atoms with Gasteiger partial charge in [-0.2, -0.15) is 5.10 Å². The first-order valence-corrected chi connectivity index (χ1v) is 7.87. The van der Waals surface area contributed by atoms with Gasteiger partial charge in [-0.1, -0.05) is 29.8 Å². The maximum absolute atomic E-state index is 13.7. The van der Waals surface area contributed by atoms with Crippen LogP contribution >= 0.6 is 11.6 Å². The molecule has 3 aromatic rings. The lowest BCUT2D eigenvalue weighted by Gasteiger charge is -2.15. The third-order valence-corrected chi connectivity index (χ3v) is 3.77. The number of methoxy groups -OCH3 is 1. The number of halogens is 2. The molecule has 0 aliphatic rings. The van der Waals surface area contributed by atoms with Crippen LogP contribution in [0.25, 0.3) is 0 Å². The van der Waals surface area contributed by atoms with Crippen molar-refractivity contribution in [2.45, 2.75) is 13.2 Å². The Hall–Kier alpha value is -2.80. The molecule has 6 nitrogen and oxygen atoms in total. The number of hydrogen-bond acceptors (Lipinski definition) is 5. The molecule has 0 saturated heterocycles. The second-order valence-corrected chi connectivity index (χ2v) is 5.58. The predicted molar refractivity (Wildman–Crippen MR) is 92.4 cm³/mol. The summed E-state index contributed by atoms with van der Waals surface area (Å²) in [6.45, 7) is 0.525. The second-order valence-electron chi connectivity index (χ2n) is 5.18. The molecule has 0 aliphatic heterocycles. The monoisotopic (exact) mass is 362 g/mol. The Morgan fingerprint density at radius 1 is 1.28 bits per heavy atom. The van der Waals surface area contributed by atoms with Crippen molar-refractivity contribution in [2.75, 3.05) is 12.4 Å². The fourth-order valence-electron chi connectivity index (χ4n) is 2.26. The Kier molecular flexibility index (Phi) is 5.35. The standard InChI is InChI=1S/C17H16ClFN4O2/c1-24-15-7-11(8-20-17-21-10-22-23-17)6-13(18)16(15)25-9-12-4-2-3-5-14(12)19/h2-7,10H,8-9H2,1H3,(H2,20,21,22,23).